The van der Waals surface area contributed by atoms with Gasteiger partial charge in [0.25, 0.3) is 5.91 Å². The van der Waals surface area contributed by atoms with Crippen molar-refractivity contribution in [3.05, 3.63) is 101 Å². The number of H-pyrrole nitrogens is 1. The van der Waals surface area contributed by atoms with E-state index in [1.165, 1.54) is 0 Å². The molecule has 0 bridgehead atoms. The first kappa shape index (κ1) is 29.1. The molecule has 0 radical (unpaired) electrons. The average Bonchev–Trinajstić information content (AvgIpc) is 3.70. The molecule has 6 rings (SSSR count). The first-order valence-corrected chi connectivity index (χ1v) is 14.8. The van der Waals surface area contributed by atoms with Crippen molar-refractivity contribution in [2.24, 2.45) is 0 Å². The lowest BCUT2D eigenvalue weighted by Crippen LogP contribution is -2.29. The van der Waals surface area contributed by atoms with Gasteiger partial charge in [-0.3, -0.25) is 4.79 Å². The van der Waals surface area contributed by atoms with Crippen LogP contribution in [0.15, 0.2) is 73.1 Å². The highest BCUT2D eigenvalue weighted by Crippen LogP contribution is 2.35. The van der Waals surface area contributed by atoms with E-state index in [2.05, 4.69) is 15.3 Å². The van der Waals surface area contributed by atoms with Crippen molar-refractivity contribution in [3.63, 3.8) is 0 Å². The Kier molecular flexibility index (Phi) is 8.17. The van der Waals surface area contributed by atoms with Gasteiger partial charge in [-0.25, -0.2) is 14.4 Å². The lowest BCUT2D eigenvalue weighted by atomic mass is 9.99. The molecule has 1 aliphatic heterocycles. The maximum Gasteiger partial charge on any atom is 0.254 e. The van der Waals surface area contributed by atoms with Gasteiger partial charge in [-0.15, -0.1) is 0 Å². The fraction of sp³-hybridized carbons (Fsp3) is 0.265. The Hall–Kier alpha value is -4.96. The average molecular weight is 595 g/mol. The molecule has 1 saturated heterocycles. The Balaban J connectivity index is 1.43. The molecule has 2 atom stereocenters. The van der Waals surface area contributed by atoms with E-state index in [-0.39, 0.29) is 11.7 Å². The van der Waals surface area contributed by atoms with Crippen LogP contribution in [0.5, 0.6) is 5.75 Å². The number of likely N-dealkylation sites (tertiary alicyclic amines) is 1. The van der Waals surface area contributed by atoms with Crippen molar-refractivity contribution in [1.82, 2.24) is 19.9 Å². The summed E-state index contributed by atoms with van der Waals surface area (Å²) in [4.78, 5) is 27.3. The summed E-state index contributed by atoms with van der Waals surface area (Å²) in [6.07, 6.45) is 4.03. The van der Waals surface area contributed by atoms with Crippen molar-refractivity contribution < 1.29 is 19.0 Å². The summed E-state index contributed by atoms with van der Waals surface area (Å²) in [5.74, 6) is 0.443. The summed E-state index contributed by atoms with van der Waals surface area (Å²) in [7, 11) is 0. The van der Waals surface area contributed by atoms with Gasteiger partial charge in [0.2, 0.25) is 0 Å². The van der Waals surface area contributed by atoms with Crippen LogP contribution >= 0.6 is 0 Å². The number of aliphatic hydroxyl groups excluding tert-OH is 1. The van der Waals surface area contributed by atoms with Crippen molar-refractivity contribution in [1.29, 1.82) is 0 Å². The molecule has 3 heterocycles. The van der Waals surface area contributed by atoms with Crippen LogP contribution in [0.2, 0.25) is 0 Å². The van der Waals surface area contributed by atoms with Crippen LogP contribution in [-0.4, -0.2) is 56.7 Å². The Bertz CT molecular complexity index is 1820. The number of aliphatic hydroxyl groups is 1. The summed E-state index contributed by atoms with van der Waals surface area (Å²) >= 11 is 0. The first-order chi connectivity index (χ1) is 21.4. The zero-order valence-electron chi connectivity index (χ0n) is 24.7. The number of imidazole rings is 1. The molecule has 0 saturated carbocycles. The van der Waals surface area contributed by atoms with Crippen molar-refractivity contribution in [2.75, 3.05) is 30.7 Å². The number of hydrogen-bond donors (Lipinski definition) is 4. The third-order valence-electron chi connectivity index (χ3n) is 8.02. The number of ether oxygens (including phenoxy) is 1. The van der Waals surface area contributed by atoms with Gasteiger partial charge in [-0.1, -0.05) is 31.2 Å². The molecule has 1 aliphatic rings. The fourth-order valence-electron chi connectivity index (χ4n) is 5.73. The number of aromatic amines is 1. The Morgan fingerprint density at radius 2 is 2.02 bits per heavy atom. The number of carbonyl (C=O) groups excluding carboxylic acids is 1. The summed E-state index contributed by atoms with van der Waals surface area (Å²) in [5, 5.41) is 15.2. The molecular weight excluding hydrogens is 559 g/mol. The van der Waals surface area contributed by atoms with Gasteiger partial charge in [-0.2, -0.15) is 0 Å². The van der Waals surface area contributed by atoms with Gasteiger partial charge in [0, 0.05) is 47.1 Å². The number of hydrogen-bond acceptors (Lipinski definition) is 7. The van der Waals surface area contributed by atoms with Crippen LogP contribution in [0.1, 0.15) is 53.6 Å². The number of aromatic nitrogens is 3. The van der Waals surface area contributed by atoms with Gasteiger partial charge in [0.15, 0.2) is 11.6 Å². The highest BCUT2D eigenvalue weighted by Gasteiger charge is 2.29. The van der Waals surface area contributed by atoms with E-state index < -0.39 is 18.0 Å². The van der Waals surface area contributed by atoms with E-state index >= 15 is 4.39 Å². The lowest BCUT2D eigenvalue weighted by Gasteiger charge is -2.22. The van der Waals surface area contributed by atoms with Crippen LogP contribution in [0, 0.1) is 5.82 Å². The number of β-amino-alcohol motifs (C(OH)–C–C–N with tert-alkyl or cyclic N) is 1. The third kappa shape index (κ3) is 5.68. The molecule has 1 amide bonds. The van der Waals surface area contributed by atoms with E-state index in [0.29, 0.717) is 66.6 Å². The number of pyridine rings is 1. The smallest absolute Gasteiger partial charge is 0.254 e. The number of aryl methyl sites for hydroxylation is 1. The zero-order valence-corrected chi connectivity index (χ0v) is 24.7. The number of amides is 1. The number of halogens is 1. The topological polar surface area (TPSA) is 129 Å². The number of nitrogens with zero attached hydrogens (tertiary/aromatic N) is 3. The first-order valence-electron chi connectivity index (χ1n) is 14.8. The second kappa shape index (κ2) is 12.3. The van der Waals surface area contributed by atoms with Crippen molar-refractivity contribution in [2.45, 2.75) is 38.8 Å². The predicted octanol–water partition coefficient (Wildman–Crippen LogP) is 5.72. The molecule has 9 nitrogen and oxygen atoms in total. The third-order valence-corrected chi connectivity index (χ3v) is 8.02. The predicted molar refractivity (Wildman–Crippen MR) is 169 cm³/mol. The van der Waals surface area contributed by atoms with Gasteiger partial charge >= 0.3 is 0 Å². The summed E-state index contributed by atoms with van der Waals surface area (Å²) < 4.78 is 21.8. The number of fused-ring (bicyclic) bond motifs is 1. The van der Waals surface area contributed by atoms with E-state index in [9.17, 15) is 9.90 Å². The maximum absolute atomic E-state index is 16.1. The molecule has 1 fully saturated rings. The molecule has 2 aromatic heterocycles. The molecule has 5 N–H and O–H groups in total. The van der Waals surface area contributed by atoms with E-state index in [1.54, 1.807) is 29.4 Å². The largest absolute Gasteiger partial charge is 0.491 e. The quantitative estimate of drug-likeness (QED) is 0.172. The van der Waals surface area contributed by atoms with Crippen LogP contribution in [0.4, 0.5) is 15.9 Å². The summed E-state index contributed by atoms with van der Waals surface area (Å²) in [6.45, 7) is 4.96. The highest BCUT2D eigenvalue weighted by atomic mass is 19.1. The molecule has 1 unspecified atom stereocenters. The summed E-state index contributed by atoms with van der Waals surface area (Å²) in [6, 6.07) is 17.7. The van der Waals surface area contributed by atoms with Crippen LogP contribution < -0.4 is 15.8 Å². The standard InChI is InChI=1S/C34H35FN6O3/c1-3-20-15-27(30(35)29(16-20)44-4-2)31(39-22-9-10-24-21(17-22)11-13-37-32(24)36)33-38-18-28(40-33)25-7-5-6-8-26(25)34(43)41-14-12-23(42)19-41/h5-11,13,15-18,23,31,39,42H,3-4,12,14,19H2,1-2H3,(H2,36,37)(H,38,40)/t23-,31?/m0/s1. The van der Waals surface area contributed by atoms with E-state index in [4.69, 9.17) is 15.5 Å². The minimum absolute atomic E-state index is 0.157. The fourth-order valence-corrected chi connectivity index (χ4v) is 5.73. The molecule has 0 spiro atoms. The lowest BCUT2D eigenvalue weighted by molar-refractivity contribution is 0.0765. The normalized spacial score (nSPS) is 15.5. The van der Waals surface area contributed by atoms with E-state index in [0.717, 1.165) is 22.0 Å². The molecule has 0 aliphatic carbocycles. The minimum atomic E-state index is -0.734. The van der Waals surface area contributed by atoms with Gasteiger partial charge in [0.05, 0.1) is 24.6 Å². The zero-order chi connectivity index (χ0) is 30.8. The highest BCUT2D eigenvalue weighted by molar-refractivity contribution is 6.00. The Labute approximate surface area is 254 Å². The van der Waals surface area contributed by atoms with Gasteiger partial charge in [-0.05, 0) is 67.1 Å². The number of benzene rings is 3. The molecule has 44 heavy (non-hydrogen) atoms. The number of nitrogens with two attached hydrogens (primary N) is 1. The van der Waals surface area contributed by atoms with Crippen LogP contribution in [-0.2, 0) is 6.42 Å². The Morgan fingerprint density at radius 1 is 1.18 bits per heavy atom. The monoisotopic (exact) mass is 594 g/mol. The molecule has 226 valence electrons. The number of nitrogens with one attached hydrogen (secondary N) is 2. The SMILES string of the molecule is CCOc1cc(CC)cc(C(Nc2ccc3c(N)nccc3c2)c2ncc(-c3ccccc3C(=O)N3CC[C@H](O)C3)[nH]2)c1F. The number of rotatable bonds is 9. The number of carbonyl (C=O) groups is 1. The van der Waals surface area contributed by atoms with Crippen LogP contribution in [0.25, 0.3) is 22.0 Å². The maximum atomic E-state index is 16.1. The second-order valence-corrected chi connectivity index (χ2v) is 10.9. The van der Waals surface area contributed by atoms with E-state index in [1.807, 2.05) is 62.4 Å². The molecular formula is C34H35FN6O3. The summed E-state index contributed by atoms with van der Waals surface area (Å²) in [5.41, 5.74) is 9.88. The number of nitrogen functional groups attached to an aromatic ring is 1. The second-order valence-electron chi connectivity index (χ2n) is 10.9. The van der Waals surface area contributed by atoms with Gasteiger partial charge in [0.1, 0.15) is 17.7 Å². The van der Waals surface area contributed by atoms with Crippen LogP contribution in [0.3, 0.4) is 0 Å². The van der Waals surface area contributed by atoms with Crippen molar-refractivity contribution in [3.8, 4) is 17.0 Å². The molecule has 3 aromatic carbocycles. The molecule has 5 aromatic rings. The number of anilines is 2. The van der Waals surface area contributed by atoms with Gasteiger partial charge < -0.3 is 30.8 Å². The minimum Gasteiger partial charge on any atom is -0.491 e. The molecule has 10 heteroatoms. The van der Waals surface area contributed by atoms with Crippen molar-refractivity contribution >= 4 is 28.2 Å². The Morgan fingerprint density at radius 3 is 2.80 bits per heavy atom.